The molecule has 2 aliphatic heterocycles. The van der Waals surface area contributed by atoms with Crippen LogP contribution in [0.15, 0.2) is 48.5 Å². The van der Waals surface area contributed by atoms with Crippen LogP contribution in [0, 0.1) is 0 Å². The molecular weight excluding hydrogens is 340 g/mol. The molecule has 140 valence electrons. The second-order valence-corrected chi connectivity index (χ2v) is 7.33. The van der Waals surface area contributed by atoms with E-state index < -0.39 is 0 Å². The molecule has 2 heterocycles. The minimum Gasteiger partial charge on any atom is -0.508 e. The Bertz CT molecular complexity index is 830. The zero-order valence-electron chi connectivity index (χ0n) is 15.3. The first-order valence-corrected chi connectivity index (χ1v) is 9.59. The molecule has 0 radical (unpaired) electrons. The maximum atomic E-state index is 12.9. The van der Waals surface area contributed by atoms with Crippen LogP contribution in [-0.2, 0) is 16.0 Å². The number of carbonyl (C=O) groups excluding carboxylic acids is 2. The first-order chi connectivity index (χ1) is 13.1. The fourth-order valence-corrected chi connectivity index (χ4v) is 4.10. The van der Waals surface area contributed by atoms with Gasteiger partial charge in [-0.1, -0.05) is 24.3 Å². The molecule has 2 fully saturated rings. The highest BCUT2D eigenvalue weighted by Gasteiger charge is 2.30. The van der Waals surface area contributed by atoms with Crippen LogP contribution in [0.25, 0.3) is 0 Å². The minimum absolute atomic E-state index is 0.0830. The molecule has 1 N–H and O–H groups in total. The molecule has 0 unspecified atom stereocenters. The van der Waals surface area contributed by atoms with Crippen molar-refractivity contribution in [1.29, 1.82) is 0 Å². The Kier molecular flexibility index (Phi) is 4.84. The van der Waals surface area contributed by atoms with Crippen molar-refractivity contribution in [3.05, 3.63) is 59.7 Å². The van der Waals surface area contributed by atoms with Crippen LogP contribution in [0.3, 0.4) is 0 Å². The molecule has 2 aromatic carbocycles. The van der Waals surface area contributed by atoms with E-state index in [1.165, 1.54) is 0 Å². The molecule has 5 nitrogen and oxygen atoms in total. The standard InChI is InChI=1S/C22H24N2O3/c25-19-11-7-17(8-12-19)20-3-1-14-24(20)22(27)15-16-5-9-18(10-6-16)23-13-2-4-21(23)26/h5-12,20,25H,1-4,13-15H2/t20-/m1/s1. The predicted molar refractivity (Wildman–Crippen MR) is 104 cm³/mol. The lowest BCUT2D eigenvalue weighted by atomic mass is 10.0. The normalized spacial score (nSPS) is 19.7. The molecule has 2 aromatic rings. The van der Waals surface area contributed by atoms with E-state index in [2.05, 4.69) is 0 Å². The lowest BCUT2D eigenvalue weighted by Gasteiger charge is -2.25. The smallest absolute Gasteiger partial charge is 0.227 e. The van der Waals surface area contributed by atoms with Gasteiger partial charge in [0.2, 0.25) is 11.8 Å². The van der Waals surface area contributed by atoms with Crippen molar-refractivity contribution in [2.75, 3.05) is 18.0 Å². The summed E-state index contributed by atoms with van der Waals surface area (Å²) in [5, 5.41) is 9.48. The highest BCUT2D eigenvalue weighted by Crippen LogP contribution is 2.33. The third-order valence-electron chi connectivity index (χ3n) is 5.53. The Morgan fingerprint density at radius 1 is 1.00 bits per heavy atom. The van der Waals surface area contributed by atoms with Crippen molar-refractivity contribution >= 4 is 17.5 Å². The van der Waals surface area contributed by atoms with E-state index in [-0.39, 0.29) is 23.6 Å². The number of benzene rings is 2. The average molecular weight is 364 g/mol. The molecule has 2 amide bonds. The average Bonchev–Trinajstić information content (AvgIpc) is 3.32. The van der Waals surface area contributed by atoms with Gasteiger partial charge in [0.05, 0.1) is 12.5 Å². The van der Waals surface area contributed by atoms with Crippen LogP contribution >= 0.6 is 0 Å². The summed E-state index contributed by atoms with van der Waals surface area (Å²) >= 11 is 0. The van der Waals surface area contributed by atoms with E-state index in [1.54, 1.807) is 12.1 Å². The van der Waals surface area contributed by atoms with Gasteiger partial charge in [0.1, 0.15) is 5.75 Å². The second-order valence-electron chi connectivity index (χ2n) is 7.33. The van der Waals surface area contributed by atoms with Crippen LogP contribution in [0.4, 0.5) is 5.69 Å². The molecule has 1 atom stereocenters. The minimum atomic E-state index is 0.0830. The van der Waals surface area contributed by atoms with Crippen molar-refractivity contribution in [2.45, 2.75) is 38.1 Å². The fraction of sp³-hybridized carbons (Fsp3) is 0.364. The van der Waals surface area contributed by atoms with Gasteiger partial charge in [-0.15, -0.1) is 0 Å². The van der Waals surface area contributed by atoms with E-state index >= 15 is 0 Å². The predicted octanol–water partition coefficient (Wildman–Crippen LogP) is 3.43. The zero-order chi connectivity index (χ0) is 18.8. The Morgan fingerprint density at radius 3 is 2.41 bits per heavy atom. The number of nitrogens with zero attached hydrogens (tertiary/aromatic N) is 2. The number of hydrogen-bond donors (Lipinski definition) is 1. The summed E-state index contributed by atoms with van der Waals surface area (Å²) in [5.74, 6) is 0.536. The fourth-order valence-electron chi connectivity index (χ4n) is 4.10. The van der Waals surface area contributed by atoms with Gasteiger partial charge in [-0.2, -0.15) is 0 Å². The molecule has 4 rings (SSSR count). The summed E-state index contributed by atoms with van der Waals surface area (Å²) in [6.45, 7) is 1.55. The van der Waals surface area contributed by atoms with E-state index in [4.69, 9.17) is 0 Å². The molecule has 27 heavy (non-hydrogen) atoms. The Balaban J connectivity index is 1.43. The maximum absolute atomic E-state index is 12.9. The number of likely N-dealkylation sites (tertiary alicyclic amines) is 1. The number of hydrogen-bond acceptors (Lipinski definition) is 3. The van der Waals surface area contributed by atoms with Gasteiger partial charge in [-0.3, -0.25) is 9.59 Å². The molecule has 0 bridgehead atoms. The number of amides is 2. The third-order valence-corrected chi connectivity index (χ3v) is 5.53. The summed E-state index contributed by atoms with van der Waals surface area (Å²) in [7, 11) is 0. The first-order valence-electron chi connectivity index (χ1n) is 9.59. The number of carbonyl (C=O) groups is 2. The molecule has 5 heteroatoms. The Labute approximate surface area is 159 Å². The van der Waals surface area contributed by atoms with Crippen LogP contribution in [0.2, 0.25) is 0 Å². The van der Waals surface area contributed by atoms with Crippen LogP contribution in [-0.4, -0.2) is 34.9 Å². The van der Waals surface area contributed by atoms with E-state index in [0.717, 1.165) is 49.2 Å². The van der Waals surface area contributed by atoms with Crippen molar-refractivity contribution in [3.63, 3.8) is 0 Å². The number of phenolic OH excluding ortho intramolecular Hbond substituents is 1. The molecule has 0 spiro atoms. The van der Waals surface area contributed by atoms with E-state index in [0.29, 0.717) is 12.8 Å². The Morgan fingerprint density at radius 2 is 1.74 bits per heavy atom. The SMILES string of the molecule is O=C1CCCN1c1ccc(CC(=O)N2CCC[C@@H]2c2ccc(O)cc2)cc1. The van der Waals surface area contributed by atoms with Crippen molar-refractivity contribution < 1.29 is 14.7 Å². The molecule has 2 saturated heterocycles. The van der Waals surface area contributed by atoms with Gasteiger partial charge < -0.3 is 14.9 Å². The second kappa shape index (κ2) is 7.43. The van der Waals surface area contributed by atoms with Crippen LogP contribution in [0.1, 0.15) is 42.9 Å². The summed E-state index contributed by atoms with van der Waals surface area (Å²) in [5.41, 5.74) is 2.95. The van der Waals surface area contributed by atoms with Gasteiger partial charge in [-0.25, -0.2) is 0 Å². The van der Waals surface area contributed by atoms with E-state index in [9.17, 15) is 14.7 Å². The van der Waals surface area contributed by atoms with Gasteiger partial charge >= 0.3 is 0 Å². The summed E-state index contributed by atoms with van der Waals surface area (Å²) in [4.78, 5) is 28.5. The number of aromatic hydroxyl groups is 1. The first kappa shape index (κ1) is 17.6. The summed E-state index contributed by atoms with van der Waals surface area (Å²) in [6.07, 6.45) is 3.84. The van der Waals surface area contributed by atoms with E-state index in [1.807, 2.05) is 46.2 Å². The summed E-state index contributed by atoms with van der Waals surface area (Å²) in [6, 6.07) is 15.0. The molecule has 0 saturated carbocycles. The van der Waals surface area contributed by atoms with Gasteiger partial charge in [0, 0.05) is 25.2 Å². The highest BCUT2D eigenvalue weighted by molar-refractivity contribution is 5.95. The van der Waals surface area contributed by atoms with Crippen molar-refractivity contribution in [2.24, 2.45) is 0 Å². The number of anilines is 1. The molecule has 0 aliphatic carbocycles. The van der Waals surface area contributed by atoms with Gasteiger partial charge in [-0.05, 0) is 54.7 Å². The van der Waals surface area contributed by atoms with Crippen LogP contribution < -0.4 is 4.90 Å². The highest BCUT2D eigenvalue weighted by atomic mass is 16.3. The third kappa shape index (κ3) is 3.68. The van der Waals surface area contributed by atoms with Crippen molar-refractivity contribution in [3.8, 4) is 5.75 Å². The quantitative estimate of drug-likeness (QED) is 0.904. The van der Waals surface area contributed by atoms with Crippen LogP contribution in [0.5, 0.6) is 5.75 Å². The topological polar surface area (TPSA) is 60.9 Å². The monoisotopic (exact) mass is 364 g/mol. The largest absolute Gasteiger partial charge is 0.508 e. The number of rotatable bonds is 4. The maximum Gasteiger partial charge on any atom is 0.227 e. The zero-order valence-corrected chi connectivity index (χ0v) is 15.3. The lowest BCUT2D eigenvalue weighted by molar-refractivity contribution is -0.131. The van der Waals surface area contributed by atoms with Crippen molar-refractivity contribution in [1.82, 2.24) is 4.90 Å². The molecule has 0 aromatic heterocycles. The summed E-state index contributed by atoms with van der Waals surface area (Å²) < 4.78 is 0. The lowest BCUT2D eigenvalue weighted by Crippen LogP contribution is -2.31. The molecule has 2 aliphatic rings. The number of phenols is 1. The Hall–Kier alpha value is -2.82. The molecular formula is C22H24N2O3. The van der Waals surface area contributed by atoms with Gasteiger partial charge in [0.15, 0.2) is 0 Å². The van der Waals surface area contributed by atoms with Gasteiger partial charge in [0.25, 0.3) is 0 Å².